The molecular weight excluding hydrogens is 975 g/mol. The average Bonchev–Trinajstić information content (AvgIpc) is 4.09. The van der Waals surface area contributed by atoms with E-state index in [4.69, 9.17) is 0 Å². The van der Waals surface area contributed by atoms with Crippen LogP contribution in [0.25, 0.3) is 32.9 Å². The van der Waals surface area contributed by atoms with Gasteiger partial charge in [0.25, 0.3) is 35.2 Å². The third-order valence-electron chi connectivity index (χ3n) is 14.9. The van der Waals surface area contributed by atoms with Gasteiger partial charge in [0.05, 0.1) is 45.6 Å². The van der Waals surface area contributed by atoms with Gasteiger partial charge in [-0.25, -0.2) is 0 Å². The molecule has 3 atom stereocenters. The van der Waals surface area contributed by atoms with E-state index in [0.29, 0.717) is 74.2 Å². The van der Waals surface area contributed by atoms with Crippen molar-refractivity contribution < 1.29 is 38.4 Å². The summed E-state index contributed by atoms with van der Waals surface area (Å²) < 4.78 is 0. The van der Waals surface area contributed by atoms with Crippen molar-refractivity contribution in [3.05, 3.63) is 132 Å². The van der Waals surface area contributed by atoms with Gasteiger partial charge in [0.2, 0.25) is 11.8 Å². The number of para-hydroxylation sites is 1. The summed E-state index contributed by atoms with van der Waals surface area (Å²) in [7, 11) is 0. The second-order valence-corrected chi connectivity index (χ2v) is 21.6. The molecular formula is C60H69N9O8. The summed E-state index contributed by atoms with van der Waals surface area (Å²) in [6, 6.07) is 24.1. The molecule has 0 spiro atoms. The van der Waals surface area contributed by atoms with Crippen LogP contribution in [0.3, 0.4) is 0 Å². The Morgan fingerprint density at radius 2 is 1.35 bits per heavy atom. The van der Waals surface area contributed by atoms with Crippen molar-refractivity contribution in [3.8, 4) is 11.1 Å². The molecule has 4 aromatic carbocycles. The van der Waals surface area contributed by atoms with Crippen LogP contribution in [-0.4, -0.2) is 140 Å². The number of piperazine rings is 2. The summed E-state index contributed by atoms with van der Waals surface area (Å²) in [5.74, 6) is -3.36. The molecule has 0 radical (unpaired) electrons. The predicted octanol–water partition coefficient (Wildman–Crippen LogP) is 8.47. The number of aromatic nitrogens is 2. The van der Waals surface area contributed by atoms with Crippen LogP contribution in [0.15, 0.2) is 110 Å². The molecule has 2 aliphatic heterocycles. The topological polar surface area (TPSA) is 217 Å². The first-order valence-corrected chi connectivity index (χ1v) is 26.4. The second-order valence-electron chi connectivity index (χ2n) is 21.6. The molecule has 2 saturated heterocycles. The molecule has 0 saturated carbocycles. The van der Waals surface area contributed by atoms with E-state index in [1.807, 2.05) is 33.8 Å². The molecule has 8 rings (SSSR count). The maximum Gasteiger partial charge on any atom is 0.295 e. The van der Waals surface area contributed by atoms with E-state index in [-0.39, 0.29) is 86.1 Å². The fraction of sp³-hybridized carbons (Fsp3) is 0.367. The van der Waals surface area contributed by atoms with Gasteiger partial charge in [0.1, 0.15) is 0 Å². The van der Waals surface area contributed by atoms with E-state index >= 15 is 0 Å². The van der Waals surface area contributed by atoms with Gasteiger partial charge in [-0.1, -0.05) is 75.2 Å². The number of anilines is 2. The number of amides is 6. The molecule has 2 aromatic heterocycles. The van der Waals surface area contributed by atoms with Crippen molar-refractivity contribution in [3.63, 3.8) is 0 Å². The zero-order chi connectivity index (χ0) is 55.3. The lowest BCUT2D eigenvalue weighted by atomic mass is 9.94. The number of hydrogen-bond donors (Lipinski definition) is 5. The van der Waals surface area contributed by atoms with E-state index < -0.39 is 35.0 Å². The van der Waals surface area contributed by atoms with Crippen molar-refractivity contribution in [2.24, 2.45) is 5.92 Å². The Labute approximate surface area is 448 Å². The summed E-state index contributed by atoms with van der Waals surface area (Å²) in [5, 5.41) is 9.99. The Morgan fingerprint density at radius 3 is 2.01 bits per heavy atom. The molecule has 2 fully saturated rings. The molecule has 3 unspecified atom stereocenters. The quantitative estimate of drug-likeness (QED) is 0.0336. The standard InChI is InChI=1S/C60H69N9O8/c1-9-37(3)16-14-21-49(70)65-48-31-42(30-44-46(33-62-52(44)48)53(72)57(76)68-28-26-66(35-38(68)4)55(74)40-17-12-11-13-18-40)39-22-24-41(25-23-39)56(75)67-27-29-69(60(8,10-2)36-67)58(77)54(73)45-32-61-51-43(45)19-15-20-47(51)64-50(71)34-63-59(5,6)7/h10-13,15,17-20,22-25,30-33,37-38,61-63H,2,9,14,16,21,26-29,34-36H2,1,3-8H3,(H,64,71)(H,65,70). The lowest BCUT2D eigenvalue weighted by Crippen LogP contribution is -2.63. The van der Waals surface area contributed by atoms with E-state index in [0.717, 1.165) is 12.8 Å². The van der Waals surface area contributed by atoms with Gasteiger partial charge >= 0.3 is 0 Å². The van der Waals surface area contributed by atoms with Crippen molar-refractivity contribution in [2.75, 3.05) is 56.4 Å². The lowest BCUT2D eigenvalue weighted by Gasteiger charge is -2.47. The number of aromatic amines is 2. The van der Waals surface area contributed by atoms with Crippen LogP contribution in [0.4, 0.5) is 11.4 Å². The molecule has 17 heteroatoms. The number of benzene rings is 4. The molecule has 0 bridgehead atoms. The third kappa shape index (κ3) is 12.1. The molecule has 2 aliphatic rings. The van der Waals surface area contributed by atoms with Gasteiger partial charge in [-0.2, -0.15) is 0 Å². The van der Waals surface area contributed by atoms with Crippen LogP contribution in [0.1, 0.15) is 116 Å². The van der Waals surface area contributed by atoms with Crippen LogP contribution in [0, 0.1) is 5.92 Å². The van der Waals surface area contributed by atoms with Gasteiger partial charge in [0.15, 0.2) is 0 Å². The first kappa shape index (κ1) is 55.1. The van der Waals surface area contributed by atoms with Crippen LogP contribution in [0.2, 0.25) is 0 Å². The van der Waals surface area contributed by atoms with Crippen LogP contribution >= 0.6 is 0 Å². The zero-order valence-corrected chi connectivity index (χ0v) is 45.0. The fourth-order valence-corrected chi connectivity index (χ4v) is 10.1. The minimum Gasteiger partial charge on any atom is -0.359 e. The molecule has 0 aliphatic carbocycles. The van der Waals surface area contributed by atoms with Crippen LogP contribution in [0.5, 0.6) is 0 Å². The largest absolute Gasteiger partial charge is 0.359 e. The zero-order valence-electron chi connectivity index (χ0n) is 45.0. The number of nitrogens with zero attached hydrogens (tertiary/aromatic N) is 4. The van der Waals surface area contributed by atoms with Gasteiger partial charge in [-0.05, 0) is 101 Å². The van der Waals surface area contributed by atoms with Gasteiger partial charge in [-0.15, -0.1) is 6.58 Å². The van der Waals surface area contributed by atoms with Crippen molar-refractivity contribution in [1.82, 2.24) is 34.9 Å². The number of carbonyl (C=O) groups is 8. The summed E-state index contributed by atoms with van der Waals surface area (Å²) in [4.78, 5) is 123. The summed E-state index contributed by atoms with van der Waals surface area (Å²) >= 11 is 0. The molecule has 6 aromatic rings. The number of nitrogens with one attached hydrogen (secondary N) is 5. The van der Waals surface area contributed by atoms with Gasteiger partial charge in [-0.3, -0.25) is 38.4 Å². The summed E-state index contributed by atoms with van der Waals surface area (Å²) in [5.41, 5.74) is 2.98. The average molecular weight is 1040 g/mol. The molecule has 402 valence electrons. The fourth-order valence-electron chi connectivity index (χ4n) is 10.1. The van der Waals surface area contributed by atoms with Crippen molar-refractivity contribution >= 4 is 80.2 Å². The Bertz CT molecular complexity index is 3260. The van der Waals surface area contributed by atoms with Gasteiger partial charge in [0, 0.05) is 91.6 Å². The highest BCUT2D eigenvalue weighted by atomic mass is 16.2. The highest BCUT2D eigenvalue weighted by molar-refractivity contribution is 6.46. The number of ketones is 2. The number of rotatable bonds is 17. The Hall–Kier alpha value is -8.18. The highest BCUT2D eigenvalue weighted by Crippen LogP contribution is 2.35. The molecule has 77 heavy (non-hydrogen) atoms. The summed E-state index contributed by atoms with van der Waals surface area (Å²) in [6.45, 7) is 18.7. The van der Waals surface area contributed by atoms with Crippen molar-refractivity contribution in [2.45, 2.75) is 91.3 Å². The number of H-pyrrole nitrogens is 2. The first-order chi connectivity index (χ1) is 36.7. The molecule has 5 N–H and O–H groups in total. The maximum atomic E-state index is 14.2. The second kappa shape index (κ2) is 23.0. The molecule has 4 heterocycles. The number of Topliss-reactive ketones (excluding diaryl/α,β-unsaturated/α-hetero) is 2. The Balaban J connectivity index is 0.984. The van der Waals surface area contributed by atoms with E-state index in [1.54, 1.807) is 102 Å². The normalized spacial score (nSPS) is 17.3. The minimum absolute atomic E-state index is 0.0523. The molecule has 17 nitrogen and oxygen atoms in total. The SMILES string of the molecule is C=CC1(C)CN(C(=O)c2ccc(-c3cc(NC(=O)CCCC(C)CC)c4[nH]cc(C(=O)C(=O)N5CCN(C(=O)c6ccccc6)CC5C)c4c3)cc2)CCN1C(=O)C(=O)c1c[nH]c2c(NC(=O)CNC(C)(C)C)cccc12. The minimum atomic E-state index is -1.11. The smallest absolute Gasteiger partial charge is 0.295 e. The monoisotopic (exact) mass is 1040 g/mol. The van der Waals surface area contributed by atoms with Crippen LogP contribution < -0.4 is 16.0 Å². The highest BCUT2D eigenvalue weighted by Gasteiger charge is 2.43. The lowest BCUT2D eigenvalue weighted by molar-refractivity contribution is -0.133. The van der Waals surface area contributed by atoms with E-state index in [1.165, 1.54) is 22.2 Å². The van der Waals surface area contributed by atoms with Crippen LogP contribution in [-0.2, 0) is 19.2 Å². The maximum absolute atomic E-state index is 14.2. The number of hydrogen-bond acceptors (Lipinski definition) is 9. The van der Waals surface area contributed by atoms with E-state index in [2.05, 4.69) is 46.3 Å². The first-order valence-electron chi connectivity index (χ1n) is 26.4. The predicted molar refractivity (Wildman–Crippen MR) is 299 cm³/mol. The Kier molecular flexibility index (Phi) is 16.4. The Morgan fingerprint density at radius 1 is 0.727 bits per heavy atom. The summed E-state index contributed by atoms with van der Waals surface area (Å²) in [6.07, 6.45) is 7.42. The van der Waals surface area contributed by atoms with Crippen molar-refractivity contribution in [1.29, 1.82) is 0 Å². The number of fused-ring (bicyclic) bond motifs is 2. The number of carbonyl (C=O) groups excluding carboxylic acids is 8. The van der Waals surface area contributed by atoms with E-state index in [9.17, 15) is 38.4 Å². The molecule has 6 amide bonds. The van der Waals surface area contributed by atoms with Gasteiger partial charge < -0.3 is 45.5 Å². The third-order valence-corrected chi connectivity index (χ3v) is 14.9.